The Balaban J connectivity index is 2.03. The summed E-state index contributed by atoms with van der Waals surface area (Å²) in [5, 5.41) is 15.2. The van der Waals surface area contributed by atoms with Gasteiger partial charge in [0.05, 0.1) is 7.11 Å². The Morgan fingerprint density at radius 3 is 2.79 bits per heavy atom. The molecule has 0 saturated heterocycles. The number of ether oxygens (including phenoxy) is 1. The van der Waals surface area contributed by atoms with E-state index in [2.05, 4.69) is 30.6 Å². The molecule has 0 aliphatic heterocycles. The van der Waals surface area contributed by atoms with Gasteiger partial charge in [-0.1, -0.05) is 6.07 Å². The van der Waals surface area contributed by atoms with E-state index in [1.54, 1.807) is 24.5 Å². The number of hydrogen-bond donors (Lipinski definition) is 2. The van der Waals surface area contributed by atoms with Crippen LogP contribution in [0.3, 0.4) is 0 Å². The van der Waals surface area contributed by atoms with Gasteiger partial charge in [0.1, 0.15) is 0 Å². The Kier molecular flexibility index (Phi) is 4.45. The number of hydrogen-bond acceptors (Lipinski definition) is 4. The Bertz CT molecular complexity index is 551. The van der Waals surface area contributed by atoms with Crippen molar-refractivity contribution in [3.8, 4) is 11.5 Å². The summed E-state index contributed by atoms with van der Waals surface area (Å²) < 4.78 is 5.13. The van der Waals surface area contributed by atoms with Crippen molar-refractivity contribution in [2.24, 2.45) is 0 Å². The highest BCUT2D eigenvalue weighted by Gasteiger charge is 2.09. The molecule has 0 saturated carbocycles. The van der Waals surface area contributed by atoms with E-state index in [-0.39, 0.29) is 11.8 Å². The molecule has 2 rings (SSSR count). The molecule has 4 heteroatoms. The number of benzene rings is 1. The molecule has 3 nitrogen and oxygen atoms in total. The summed E-state index contributed by atoms with van der Waals surface area (Å²) in [7, 11) is 1.56. The van der Waals surface area contributed by atoms with Gasteiger partial charge >= 0.3 is 0 Å². The van der Waals surface area contributed by atoms with E-state index in [1.807, 2.05) is 12.1 Å². The Labute approximate surface area is 117 Å². The number of aryl methyl sites for hydroxylation is 1. The molecular formula is C15H19NO2S. The van der Waals surface area contributed by atoms with Crippen molar-refractivity contribution in [3.05, 3.63) is 45.6 Å². The number of nitrogens with one attached hydrogen (secondary N) is 1. The summed E-state index contributed by atoms with van der Waals surface area (Å²) in [4.78, 5) is 1.36. The Morgan fingerprint density at radius 2 is 2.16 bits per heavy atom. The molecule has 0 spiro atoms. The molecule has 102 valence electrons. The summed E-state index contributed by atoms with van der Waals surface area (Å²) in [5.74, 6) is 0.686. The molecule has 0 fully saturated rings. The fraction of sp³-hybridized carbons (Fsp3) is 0.333. The quantitative estimate of drug-likeness (QED) is 0.877. The maximum atomic E-state index is 9.59. The van der Waals surface area contributed by atoms with Gasteiger partial charge in [0.15, 0.2) is 11.5 Å². The predicted octanol–water partition coefficient (Wildman–Crippen LogP) is 3.62. The van der Waals surface area contributed by atoms with Crippen LogP contribution in [0.1, 0.15) is 29.0 Å². The van der Waals surface area contributed by atoms with Crippen LogP contribution in [-0.2, 0) is 6.54 Å². The molecule has 0 radical (unpaired) electrons. The first-order chi connectivity index (χ1) is 9.11. The number of thiophene rings is 1. The van der Waals surface area contributed by atoms with Gasteiger partial charge in [0.25, 0.3) is 0 Å². The fourth-order valence-corrected chi connectivity index (χ4v) is 2.77. The normalized spacial score (nSPS) is 12.4. The topological polar surface area (TPSA) is 41.5 Å². The third-order valence-corrected chi connectivity index (χ3v) is 4.26. The molecule has 0 aliphatic rings. The van der Waals surface area contributed by atoms with Crippen molar-refractivity contribution in [3.63, 3.8) is 0 Å². The highest BCUT2D eigenvalue weighted by Crippen LogP contribution is 2.29. The lowest BCUT2D eigenvalue weighted by Crippen LogP contribution is -2.17. The van der Waals surface area contributed by atoms with Gasteiger partial charge in [-0.05, 0) is 48.6 Å². The minimum absolute atomic E-state index is 0.174. The molecule has 0 bridgehead atoms. The Hall–Kier alpha value is -1.52. The molecule has 0 aliphatic carbocycles. The molecule has 0 amide bonds. The summed E-state index contributed by atoms with van der Waals surface area (Å²) in [5.41, 5.74) is 2.43. The van der Waals surface area contributed by atoms with Crippen LogP contribution in [0.25, 0.3) is 0 Å². The zero-order valence-electron chi connectivity index (χ0n) is 11.4. The molecule has 1 atom stereocenters. The second-order valence-electron chi connectivity index (χ2n) is 4.56. The van der Waals surface area contributed by atoms with Gasteiger partial charge in [-0.25, -0.2) is 0 Å². The molecule has 1 heterocycles. The van der Waals surface area contributed by atoms with Gasteiger partial charge in [0, 0.05) is 17.5 Å². The standard InChI is InChI=1S/C15H19NO2S/c1-10-6-7-19-15(10)9-16-11(2)12-4-5-13(17)14(8-12)18-3/h4-8,11,16-17H,9H2,1-3H3. The van der Waals surface area contributed by atoms with E-state index in [9.17, 15) is 5.11 Å². The average molecular weight is 277 g/mol. The van der Waals surface area contributed by atoms with Crippen molar-refractivity contribution in [1.29, 1.82) is 0 Å². The van der Waals surface area contributed by atoms with Crippen molar-refractivity contribution in [2.75, 3.05) is 7.11 Å². The first kappa shape index (κ1) is 13.9. The molecule has 2 aromatic rings. The average Bonchev–Trinajstić information content (AvgIpc) is 2.82. The highest BCUT2D eigenvalue weighted by molar-refractivity contribution is 7.10. The van der Waals surface area contributed by atoms with E-state index in [0.29, 0.717) is 5.75 Å². The van der Waals surface area contributed by atoms with E-state index in [0.717, 1.165) is 12.1 Å². The van der Waals surface area contributed by atoms with Crippen molar-refractivity contribution < 1.29 is 9.84 Å². The maximum Gasteiger partial charge on any atom is 0.160 e. The lowest BCUT2D eigenvalue weighted by Gasteiger charge is -2.15. The SMILES string of the molecule is COc1cc(C(C)NCc2sccc2C)ccc1O. The van der Waals surface area contributed by atoms with Crippen LogP contribution in [0.15, 0.2) is 29.6 Å². The van der Waals surface area contributed by atoms with Gasteiger partial charge in [0.2, 0.25) is 0 Å². The Morgan fingerprint density at radius 1 is 1.37 bits per heavy atom. The number of phenols is 1. The zero-order chi connectivity index (χ0) is 13.8. The van der Waals surface area contributed by atoms with E-state index in [1.165, 1.54) is 10.4 Å². The lowest BCUT2D eigenvalue weighted by molar-refractivity contribution is 0.372. The van der Waals surface area contributed by atoms with E-state index < -0.39 is 0 Å². The molecular weight excluding hydrogens is 258 g/mol. The molecule has 1 aromatic heterocycles. The second-order valence-corrected chi connectivity index (χ2v) is 5.56. The van der Waals surface area contributed by atoms with Crippen LogP contribution < -0.4 is 10.1 Å². The molecule has 19 heavy (non-hydrogen) atoms. The first-order valence-corrected chi connectivity index (χ1v) is 7.13. The van der Waals surface area contributed by atoms with Crippen LogP contribution in [0.2, 0.25) is 0 Å². The van der Waals surface area contributed by atoms with Gasteiger partial charge in [-0.15, -0.1) is 11.3 Å². The number of rotatable bonds is 5. The number of methoxy groups -OCH3 is 1. The lowest BCUT2D eigenvalue weighted by atomic mass is 10.1. The number of phenolic OH excluding ortho intramolecular Hbond substituents is 1. The van der Waals surface area contributed by atoms with Crippen LogP contribution in [0.4, 0.5) is 0 Å². The monoisotopic (exact) mass is 277 g/mol. The number of aromatic hydroxyl groups is 1. The van der Waals surface area contributed by atoms with Crippen LogP contribution in [-0.4, -0.2) is 12.2 Å². The maximum absolute atomic E-state index is 9.59. The van der Waals surface area contributed by atoms with Gasteiger partial charge in [-0.3, -0.25) is 0 Å². The zero-order valence-corrected chi connectivity index (χ0v) is 12.3. The highest BCUT2D eigenvalue weighted by atomic mass is 32.1. The second kappa shape index (κ2) is 6.08. The largest absolute Gasteiger partial charge is 0.504 e. The van der Waals surface area contributed by atoms with Crippen molar-refractivity contribution in [2.45, 2.75) is 26.4 Å². The minimum Gasteiger partial charge on any atom is -0.504 e. The minimum atomic E-state index is 0.174. The molecule has 1 unspecified atom stereocenters. The smallest absolute Gasteiger partial charge is 0.160 e. The first-order valence-electron chi connectivity index (χ1n) is 6.25. The van der Waals surface area contributed by atoms with Crippen LogP contribution >= 0.6 is 11.3 Å². The summed E-state index contributed by atoms with van der Waals surface area (Å²) in [6, 6.07) is 7.79. The summed E-state index contributed by atoms with van der Waals surface area (Å²) in [6.07, 6.45) is 0. The fourth-order valence-electron chi connectivity index (χ4n) is 1.91. The van der Waals surface area contributed by atoms with Crippen LogP contribution in [0, 0.1) is 6.92 Å². The molecule has 2 N–H and O–H groups in total. The van der Waals surface area contributed by atoms with Gasteiger partial charge in [-0.2, -0.15) is 0 Å². The van der Waals surface area contributed by atoms with Crippen molar-refractivity contribution >= 4 is 11.3 Å². The third kappa shape index (κ3) is 3.28. The van der Waals surface area contributed by atoms with Crippen molar-refractivity contribution in [1.82, 2.24) is 5.32 Å². The summed E-state index contributed by atoms with van der Waals surface area (Å²) in [6.45, 7) is 5.09. The molecule has 1 aromatic carbocycles. The van der Waals surface area contributed by atoms with E-state index in [4.69, 9.17) is 4.74 Å². The van der Waals surface area contributed by atoms with Crippen LogP contribution in [0.5, 0.6) is 11.5 Å². The van der Waals surface area contributed by atoms with E-state index >= 15 is 0 Å². The van der Waals surface area contributed by atoms with Gasteiger partial charge < -0.3 is 15.2 Å². The third-order valence-electron chi connectivity index (χ3n) is 3.24. The summed E-state index contributed by atoms with van der Waals surface area (Å²) >= 11 is 1.77. The predicted molar refractivity (Wildman–Crippen MR) is 79.0 cm³/mol.